The molecule has 5 nitrogen and oxygen atoms in total. The molecule has 190 valence electrons. The average Bonchev–Trinajstić information content (AvgIpc) is 2.78. The molecule has 14 heteroatoms. The predicted molar refractivity (Wildman–Crippen MR) is 108 cm³/mol. The molecule has 2 aromatic rings. The molecule has 0 saturated heterocycles. The van der Waals surface area contributed by atoms with Crippen LogP contribution >= 0.6 is 0 Å². The summed E-state index contributed by atoms with van der Waals surface area (Å²) in [5, 5.41) is 3.55. The van der Waals surface area contributed by atoms with Gasteiger partial charge in [-0.25, -0.2) is 17.2 Å². The van der Waals surface area contributed by atoms with Gasteiger partial charge in [-0.1, -0.05) is 29.4 Å². The number of sulfone groups is 1. The van der Waals surface area contributed by atoms with Crippen LogP contribution in [0.3, 0.4) is 0 Å². The van der Waals surface area contributed by atoms with Crippen molar-refractivity contribution in [2.75, 3.05) is 0 Å². The quantitative estimate of drug-likeness (QED) is 0.137. The van der Waals surface area contributed by atoms with Crippen LogP contribution in [0.5, 0.6) is 0 Å². The van der Waals surface area contributed by atoms with Crippen LogP contribution in [0.2, 0.25) is 0 Å². The fourth-order valence-electron chi connectivity index (χ4n) is 4.30. The normalized spacial score (nSPS) is 21.9. The predicted octanol–water partition coefficient (Wildman–Crippen LogP) is 7.04. The monoisotopic (exact) mass is 527 g/mol. The highest BCUT2D eigenvalue weighted by Gasteiger charge is 2.73. The second-order valence-electron chi connectivity index (χ2n) is 8.12. The lowest BCUT2D eigenvalue weighted by Gasteiger charge is -2.39. The molecule has 0 aromatic heterocycles. The van der Waals surface area contributed by atoms with Gasteiger partial charge in [0.2, 0.25) is 0 Å². The zero-order chi connectivity index (χ0) is 26.3. The summed E-state index contributed by atoms with van der Waals surface area (Å²) in [6.45, 7) is 0. The highest BCUT2D eigenvalue weighted by Crippen LogP contribution is 2.54. The van der Waals surface area contributed by atoms with Crippen molar-refractivity contribution in [2.24, 2.45) is 5.11 Å². The van der Waals surface area contributed by atoms with E-state index < -0.39 is 50.0 Å². The van der Waals surface area contributed by atoms with Crippen LogP contribution in [-0.4, -0.2) is 26.8 Å². The van der Waals surface area contributed by atoms with Gasteiger partial charge < -0.3 is 0 Å². The number of halogens is 8. The molecule has 1 aliphatic carbocycles. The fourth-order valence-corrected chi connectivity index (χ4v) is 6.47. The van der Waals surface area contributed by atoms with Gasteiger partial charge in [-0.2, -0.15) is 26.3 Å². The van der Waals surface area contributed by atoms with E-state index >= 15 is 0 Å². The summed E-state index contributed by atoms with van der Waals surface area (Å²) < 4.78 is 132. The van der Waals surface area contributed by atoms with Crippen LogP contribution in [0.15, 0.2) is 58.5 Å². The Morgan fingerprint density at radius 3 is 1.77 bits per heavy atom. The van der Waals surface area contributed by atoms with Gasteiger partial charge in [-0.15, -0.1) is 0 Å². The molecule has 35 heavy (non-hydrogen) atoms. The van der Waals surface area contributed by atoms with Crippen molar-refractivity contribution in [3.05, 3.63) is 75.9 Å². The first-order chi connectivity index (χ1) is 16.1. The minimum absolute atomic E-state index is 0.0460. The molecule has 1 fully saturated rings. The van der Waals surface area contributed by atoms with Gasteiger partial charge in [0.05, 0.1) is 4.90 Å². The van der Waals surface area contributed by atoms with Crippen molar-refractivity contribution < 1.29 is 43.5 Å². The van der Waals surface area contributed by atoms with Crippen LogP contribution in [0.1, 0.15) is 36.8 Å². The van der Waals surface area contributed by atoms with E-state index in [1.165, 1.54) is 0 Å². The molecule has 2 aromatic carbocycles. The van der Waals surface area contributed by atoms with Gasteiger partial charge >= 0.3 is 18.0 Å². The zero-order valence-electron chi connectivity index (χ0n) is 17.6. The van der Waals surface area contributed by atoms with Crippen molar-refractivity contribution in [3.8, 4) is 0 Å². The molecule has 0 unspecified atom stereocenters. The number of nitrogens with zero attached hydrogens (tertiary/aromatic N) is 3. The van der Waals surface area contributed by atoms with E-state index in [9.17, 15) is 43.5 Å². The molecule has 0 spiro atoms. The van der Waals surface area contributed by atoms with E-state index in [0.717, 1.165) is 36.4 Å². The van der Waals surface area contributed by atoms with Gasteiger partial charge in [-0.3, -0.25) is 0 Å². The molecule has 3 rings (SSSR count). The Labute approximate surface area is 194 Å². The lowest BCUT2D eigenvalue weighted by atomic mass is 9.80. The Balaban J connectivity index is 2.15. The molecule has 0 amide bonds. The summed E-state index contributed by atoms with van der Waals surface area (Å²) in [6, 6.07) is 5.13. The lowest BCUT2D eigenvalue weighted by molar-refractivity contribution is -0.348. The number of hydrogen-bond acceptors (Lipinski definition) is 3. The van der Waals surface area contributed by atoms with E-state index in [2.05, 4.69) is 10.0 Å². The van der Waals surface area contributed by atoms with Crippen molar-refractivity contribution in [3.63, 3.8) is 0 Å². The summed E-state index contributed by atoms with van der Waals surface area (Å²) in [6.07, 6.45) is -12.9. The maximum absolute atomic E-state index is 14.4. The maximum Gasteiger partial charge on any atom is 0.435 e. The topological polar surface area (TPSA) is 82.9 Å². The Morgan fingerprint density at radius 1 is 0.857 bits per heavy atom. The smallest absolute Gasteiger partial charge is 0.223 e. The van der Waals surface area contributed by atoms with Crippen molar-refractivity contribution in [1.29, 1.82) is 0 Å². The second-order valence-corrected chi connectivity index (χ2v) is 10.4. The van der Waals surface area contributed by atoms with Crippen LogP contribution < -0.4 is 0 Å². The first-order valence-electron chi connectivity index (χ1n) is 10.1. The van der Waals surface area contributed by atoms with Gasteiger partial charge in [0.25, 0.3) is 0 Å². The Kier molecular flexibility index (Phi) is 6.86. The van der Waals surface area contributed by atoms with E-state index in [1.807, 2.05) is 0 Å². The van der Waals surface area contributed by atoms with E-state index in [0.29, 0.717) is 0 Å². The van der Waals surface area contributed by atoms with Crippen LogP contribution in [0.4, 0.5) is 35.1 Å². The number of azide groups is 1. The average molecular weight is 527 g/mol. The molecule has 1 aliphatic rings. The maximum atomic E-state index is 14.4. The number of alkyl halides is 7. The summed E-state index contributed by atoms with van der Waals surface area (Å²) in [5.74, 6) is -0.729. The van der Waals surface area contributed by atoms with Gasteiger partial charge in [0.1, 0.15) is 10.6 Å². The SMILES string of the molecule is [N-]=[N+]=N[C@H]1CC[C@@](c2ccc(C(F)(C(F)(F)F)C(F)(F)F)cc2)(S(=O)(=O)c2ccc(F)cc2)CC1. The Morgan fingerprint density at radius 2 is 1.34 bits per heavy atom. The van der Waals surface area contributed by atoms with Crippen LogP contribution in [-0.2, 0) is 20.3 Å². The highest BCUT2D eigenvalue weighted by molar-refractivity contribution is 7.92. The van der Waals surface area contributed by atoms with E-state index in [4.69, 9.17) is 5.53 Å². The lowest BCUT2D eigenvalue weighted by Crippen LogP contribution is -2.50. The second kappa shape index (κ2) is 8.98. The Bertz CT molecular complexity index is 1200. The third kappa shape index (κ3) is 4.44. The molecular formula is C21H17F8N3O2S. The largest absolute Gasteiger partial charge is 0.435 e. The molecule has 0 aliphatic heterocycles. The van der Waals surface area contributed by atoms with Crippen LogP contribution in [0, 0.1) is 5.82 Å². The summed E-state index contributed by atoms with van der Waals surface area (Å²) in [7, 11) is -4.38. The standard InChI is InChI=1S/C21H17F8N3O2S/c22-15-5-7-17(8-6-15)35(33,34)18(11-9-16(10-12-18)31-32-30)13-1-3-14(4-2-13)19(23,20(24,25)26)21(27,28)29/h1-8,16H,9-12H2/t16-,18+. The summed E-state index contributed by atoms with van der Waals surface area (Å²) >= 11 is 0. The molecule has 1 saturated carbocycles. The van der Waals surface area contributed by atoms with Gasteiger partial charge in [0.15, 0.2) is 9.84 Å². The third-order valence-electron chi connectivity index (χ3n) is 6.21. The minimum Gasteiger partial charge on any atom is -0.223 e. The van der Waals surface area contributed by atoms with Gasteiger partial charge in [0, 0.05) is 16.5 Å². The molecule has 0 atom stereocenters. The zero-order valence-corrected chi connectivity index (χ0v) is 18.4. The summed E-state index contributed by atoms with van der Waals surface area (Å²) in [4.78, 5) is 2.35. The van der Waals surface area contributed by atoms with Crippen LogP contribution in [0.25, 0.3) is 10.4 Å². The van der Waals surface area contributed by atoms with Crippen molar-refractivity contribution in [1.82, 2.24) is 0 Å². The van der Waals surface area contributed by atoms with E-state index in [1.54, 1.807) is 0 Å². The number of benzene rings is 2. The Hall–Kier alpha value is -2.86. The first-order valence-corrected chi connectivity index (χ1v) is 11.6. The minimum atomic E-state index is -6.32. The summed E-state index contributed by atoms with van der Waals surface area (Å²) in [5.41, 5.74) is 1.07. The first kappa shape index (κ1) is 26.7. The highest BCUT2D eigenvalue weighted by atomic mass is 32.2. The van der Waals surface area contributed by atoms with Crippen molar-refractivity contribution >= 4 is 9.84 Å². The third-order valence-corrected chi connectivity index (χ3v) is 8.77. The molecular weight excluding hydrogens is 510 g/mol. The molecule has 0 bridgehead atoms. The number of rotatable bonds is 5. The van der Waals surface area contributed by atoms with E-state index in [-0.39, 0.29) is 48.3 Å². The molecule has 0 N–H and O–H groups in total. The molecule has 0 heterocycles. The molecule has 0 radical (unpaired) electrons. The number of hydrogen-bond donors (Lipinski definition) is 0. The van der Waals surface area contributed by atoms with Gasteiger partial charge in [-0.05, 0) is 61.0 Å². The van der Waals surface area contributed by atoms with Crippen molar-refractivity contribution in [2.45, 2.75) is 59.4 Å². The fraction of sp³-hybridized carbons (Fsp3) is 0.429.